The molecule has 1 aromatic rings. The molecule has 0 bridgehead atoms. The summed E-state index contributed by atoms with van der Waals surface area (Å²) in [6, 6.07) is 5.67. The summed E-state index contributed by atoms with van der Waals surface area (Å²) in [5.41, 5.74) is 6.90. The van der Waals surface area contributed by atoms with Crippen molar-refractivity contribution in [3.63, 3.8) is 0 Å². The van der Waals surface area contributed by atoms with Crippen LogP contribution in [0.2, 0.25) is 0 Å². The lowest BCUT2D eigenvalue weighted by Gasteiger charge is -2.18. The van der Waals surface area contributed by atoms with E-state index in [0.717, 1.165) is 35.5 Å². The smallest absolute Gasteiger partial charge is 0.128 e. The molecule has 0 aromatic heterocycles. The van der Waals surface area contributed by atoms with Crippen molar-refractivity contribution in [2.24, 2.45) is 17.6 Å². The summed E-state index contributed by atoms with van der Waals surface area (Å²) < 4.78 is 14.6. The first kappa shape index (κ1) is 12.6. The molecule has 2 fully saturated rings. The molecule has 3 rings (SSSR count). The van der Waals surface area contributed by atoms with Gasteiger partial charge in [-0.15, -0.1) is 0 Å². The number of nitrogens with zero attached hydrogens (tertiary/aromatic N) is 1. The standard InChI is InChI=1S/C14H18BrFN2/c15-11-3-1-10(13(16)5-11)7-18-6-9-2-4-14(17)12(9)8-18/h1,3,5,9,12,14H,2,4,6-8,17H2. The lowest BCUT2D eigenvalue weighted by molar-refractivity contribution is 0.294. The predicted octanol–water partition coefficient (Wildman–Crippen LogP) is 2.76. The first-order valence-electron chi connectivity index (χ1n) is 6.55. The second-order valence-corrected chi connectivity index (χ2v) is 6.51. The number of nitrogens with two attached hydrogens (primary N) is 1. The molecule has 1 heterocycles. The second kappa shape index (κ2) is 4.91. The van der Waals surface area contributed by atoms with Gasteiger partial charge in [-0.2, -0.15) is 0 Å². The van der Waals surface area contributed by atoms with Crippen molar-refractivity contribution in [2.45, 2.75) is 25.4 Å². The Morgan fingerprint density at radius 3 is 2.89 bits per heavy atom. The highest BCUT2D eigenvalue weighted by molar-refractivity contribution is 9.10. The van der Waals surface area contributed by atoms with E-state index < -0.39 is 0 Å². The summed E-state index contributed by atoms with van der Waals surface area (Å²) in [4.78, 5) is 2.35. The third kappa shape index (κ3) is 2.33. The zero-order valence-electron chi connectivity index (χ0n) is 10.3. The van der Waals surface area contributed by atoms with Crippen LogP contribution in [0.25, 0.3) is 0 Å². The summed E-state index contributed by atoms with van der Waals surface area (Å²) in [7, 11) is 0. The molecule has 1 aliphatic carbocycles. The van der Waals surface area contributed by atoms with Gasteiger partial charge in [0.15, 0.2) is 0 Å². The molecular formula is C14H18BrFN2. The fourth-order valence-electron chi connectivity index (χ4n) is 3.42. The van der Waals surface area contributed by atoms with Gasteiger partial charge in [0.1, 0.15) is 5.82 Å². The number of halogens is 2. The van der Waals surface area contributed by atoms with Crippen molar-refractivity contribution in [1.82, 2.24) is 4.90 Å². The van der Waals surface area contributed by atoms with Crippen LogP contribution in [0.15, 0.2) is 22.7 Å². The molecule has 1 aromatic carbocycles. The molecule has 3 unspecified atom stereocenters. The topological polar surface area (TPSA) is 29.3 Å². The molecule has 1 saturated heterocycles. The maximum absolute atomic E-state index is 13.8. The molecule has 0 radical (unpaired) electrons. The molecule has 0 spiro atoms. The molecule has 2 nitrogen and oxygen atoms in total. The Labute approximate surface area is 115 Å². The lowest BCUT2D eigenvalue weighted by Crippen LogP contribution is -2.30. The van der Waals surface area contributed by atoms with Crippen molar-refractivity contribution in [1.29, 1.82) is 0 Å². The number of benzene rings is 1. The Bertz CT molecular complexity index is 451. The maximum Gasteiger partial charge on any atom is 0.128 e. The van der Waals surface area contributed by atoms with Crippen LogP contribution in [0.5, 0.6) is 0 Å². The van der Waals surface area contributed by atoms with Gasteiger partial charge in [-0.25, -0.2) is 4.39 Å². The minimum absolute atomic E-state index is 0.120. The van der Waals surface area contributed by atoms with E-state index in [2.05, 4.69) is 20.8 Å². The zero-order chi connectivity index (χ0) is 12.7. The average Bonchev–Trinajstić information content (AvgIpc) is 2.86. The molecular weight excluding hydrogens is 295 g/mol. The molecule has 2 aliphatic rings. The van der Waals surface area contributed by atoms with Crippen molar-refractivity contribution in [3.05, 3.63) is 34.1 Å². The Hall–Kier alpha value is -0.450. The largest absolute Gasteiger partial charge is 0.327 e. The normalized spacial score (nSPS) is 31.8. The van der Waals surface area contributed by atoms with Crippen LogP contribution in [0, 0.1) is 17.7 Å². The average molecular weight is 313 g/mol. The van der Waals surface area contributed by atoms with Crippen LogP contribution >= 0.6 is 15.9 Å². The van der Waals surface area contributed by atoms with E-state index in [4.69, 9.17) is 5.73 Å². The number of rotatable bonds is 2. The Morgan fingerprint density at radius 2 is 2.17 bits per heavy atom. The van der Waals surface area contributed by atoms with Crippen LogP contribution in [0.4, 0.5) is 4.39 Å². The number of hydrogen-bond donors (Lipinski definition) is 1. The van der Waals surface area contributed by atoms with Crippen molar-refractivity contribution < 1.29 is 4.39 Å². The molecule has 0 amide bonds. The van der Waals surface area contributed by atoms with E-state index in [-0.39, 0.29) is 5.82 Å². The Morgan fingerprint density at radius 1 is 1.33 bits per heavy atom. The lowest BCUT2D eigenvalue weighted by atomic mass is 9.98. The summed E-state index contributed by atoms with van der Waals surface area (Å²) >= 11 is 3.29. The van der Waals surface area contributed by atoms with Gasteiger partial charge in [0.2, 0.25) is 0 Å². The van der Waals surface area contributed by atoms with Gasteiger partial charge >= 0.3 is 0 Å². The van der Waals surface area contributed by atoms with Gasteiger partial charge in [-0.3, -0.25) is 4.90 Å². The molecule has 3 atom stereocenters. The van der Waals surface area contributed by atoms with Gasteiger partial charge in [0, 0.05) is 35.7 Å². The first-order chi connectivity index (χ1) is 8.63. The Kier molecular flexibility index (Phi) is 3.43. The predicted molar refractivity (Wildman–Crippen MR) is 73.6 cm³/mol. The van der Waals surface area contributed by atoms with Crippen molar-refractivity contribution in [3.8, 4) is 0 Å². The monoisotopic (exact) mass is 312 g/mol. The molecule has 1 saturated carbocycles. The maximum atomic E-state index is 13.8. The summed E-state index contributed by atoms with van der Waals surface area (Å²) in [5, 5.41) is 0. The van der Waals surface area contributed by atoms with E-state index in [1.165, 1.54) is 12.5 Å². The highest BCUT2D eigenvalue weighted by atomic mass is 79.9. The number of hydrogen-bond acceptors (Lipinski definition) is 2. The SMILES string of the molecule is NC1CCC2CN(Cc3ccc(Br)cc3F)CC12. The molecule has 4 heteroatoms. The van der Waals surface area contributed by atoms with Crippen molar-refractivity contribution >= 4 is 15.9 Å². The number of likely N-dealkylation sites (tertiary alicyclic amines) is 1. The van der Waals surface area contributed by atoms with Gasteiger partial charge in [-0.1, -0.05) is 22.0 Å². The van der Waals surface area contributed by atoms with Gasteiger partial charge in [-0.05, 0) is 36.8 Å². The summed E-state index contributed by atoms with van der Waals surface area (Å²) in [5.74, 6) is 1.24. The van der Waals surface area contributed by atoms with E-state index in [1.807, 2.05) is 12.1 Å². The Balaban J connectivity index is 1.68. The van der Waals surface area contributed by atoms with E-state index >= 15 is 0 Å². The number of fused-ring (bicyclic) bond motifs is 1. The molecule has 1 aliphatic heterocycles. The van der Waals surface area contributed by atoms with Crippen LogP contribution < -0.4 is 5.73 Å². The van der Waals surface area contributed by atoms with Crippen LogP contribution in [0.3, 0.4) is 0 Å². The van der Waals surface area contributed by atoms with Crippen LogP contribution in [-0.4, -0.2) is 24.0 Å². The minimum atomic E-state index is -0.120. The van der Waals surface area contributed by atoms with E-state index in [1.54, 1.807) is 0 Å². The zero-order valence-corrected chi connectivity index (χ0v) is 11.9. The summed E-state index contributed by atoms with van der Waals surface area (Å²) in [6.45, 7) is 2.81. The third-order valence-corrected chi connectivity index (χ3v) is 4.89. The van der Waals surface area contributed by atoms with E-state index in [0.29, 0.717) is 18.5 Å². The third-order valence-electron chi connectivity index (χ3n) is 4.40. The highest BCUT2D eigenvalue weighted by Gasteiger charge is 2.40. The fourth-order valence-corrected chi connectivity index (χ4v) is 3.75. The highest BCUT2D eigenvalue weighted by Crippen LogP contribution is 2.37. The quantitative estimate of drug-likeness (QED) is 0.910. The van der Waals surface area contributed by atoms with Gasteiger partial charge in [0.25, 0.3) is 0 Å². The molecule has 18 heavy (non-hydrogen) atoms. The second-order valence-electron chi connectivity index (χ2n) is 5.59. The minimum Gasteiger partial charge on any atom is -0.327 e. The molecule has 2 N–H and O–H groups in total. The van der Waals surface area contributed by atoms with Crippen LogP contribution in [-0.2, 0) is 6.54 Å². The van der Waals surface area contributed by atoms with Gasteiger partial charge in [0.05, 0.1) is 0 Å². The van der Waals surface area contributed by atoms with Crippen molar-refractivity contribution in [2.75, 3.05) is 13.1 Å². The molecule has 98 valence electrons. The van der Waals surface area contributed by atoms with E-state index in [9.17, 15) is 4.39 Å². The van der Waals surface area contributed by atoms with Gasteiger partial charge < -0.3 is 5.73 Å². The van der Waals surface area contributed by atoms with Crippen LogP contribution in [0.1, 0.15) is 18.4 Å². The fraction of sp³-hybridized carbons (Fsp3) is 0.571. The summed E-state index contributed by atoms with van der Waals surface area (Å²) in [6.07, 6.45) is 2.40. The first-order valence-corrected chi connectivity index (χ1v) is 7.34.